The van der Waals surface area contributed by atoms with E-state index in [0.29, 0.717) is 6.42 Å². The summed E-state index contributed by atoms with van der Waals surface area (Å²) in [5, 5.41) is 6.42. The van der Waals surface area contributed by atoms with E-state index in [1.807, 2.05) is 0 Å². The first-order chi connectivity index (χ1) is 13.7. The predicted octanol–water partition coefficient (Wildman–Crippen LogP) is 3.11. The van der Waals surface area contributed by atoms with Gasteiger partial charge in [0.05, 0.1) is 19.6 Å². The predicted molar refractivity (Wildman–Crippen MR) is 106 cm³/mol. The molecule has 170 valence electrons. The third-order valence-corrected chi connectivity index (χ3v) is 5.34. The maximum absolute atomic E-state index is 11.6. The molecule has 0 aliphatic carbocycles. The van der Waals surface area contributed by atoms with Gasteiger partial charge in [-0.25, -0.2) is 0 Å². The number of aliphatic carboxylic acids is 1. The first-order valence-corrected chi connectivity index (χ1v) is 11.7. The van der Waals surface area contributed by atoms with Gasteiger partial charge < -0.3 is 14.6 Å². The number of hydrogen-bond acceptors (Lipinski definition) is 7. The molecule has 1 atom stereocenters. The highest BCUT2D eigenvalue weighted by Gasteiger charge is 2.34. The number of ether oxygens (including phenoxy) is 2. The van der Waals surface area contributed by atoms with Gasteiger partial charge >= 0.3 is 17.9 Å². The van der Waals surface area contributed by atoms with Gasteiger partial charge in [-0.2, -0.15) is 8.42 Å². The van der Waals surface area contributed by atoms with Crippen LogP contribution >= 0.6 is 0 Å². The molecule has 0 aliphatic heterocycles. The molecule has 0 radical (unpaired) electrons. The van der Waals surface area contributed by atoms with Crippen LogP contribution in [-0.2, 0) is 34.0 Å². The molecule has 0 saturated carbocycles. The van der Waals surface area contributed by atoms with Crippen molar-refractivity contribution in [2.45, 2.75) is 89.2 Å². The van der Waals surface area contributed by atoms with Crippen molar-refractivity contribution in [3.8, 4) is 0 Å². The maximum Gasteiger partial charge on any atom is 0.327 e. The first kappa shape index (κ1) is 27.3. The van der Waals surface area contributed by atoms with Crippen LogP contribution < -0.4 is 0 Å². The fourth-order valence-corrected chi connectivity index (χ4v) is 3.30. The minimum absolute atomic E-state index is 0.000978. The van der Waals surface area contributed by atoms with Gasteiger partial charge in [0.1, 0.15) is 0 Å². The number of carbonyl (C=O) groups is 3. The average molecular weight is 439 g/mol. The van der Waals surface area contributed by atoms with Crippen LogP contribution in [0.5, 0.6) is 0 Å². The summed E-state index contributed by atoms with van der Waals surface area (Å²) in [6.07, 6.45) is 9.68. The molecule has 0 saturated heterocycles. The van der Waals surface area contributed by atoms with Crippen LogP contribution in [0.3, 0.4) is 0 Å². The molecule has 0 aromatic carbocycles. The molecule has 1 unspecified atom stereocenters. The molecule has 0 amide bonds. The second-order valence-corrected chi connectivity index (χ2v) is 8.52. The van der Waals surface area contributed by atoms with Crippen LogP contribution in [0.25, 0.3) is 0 Å². The summed E-state index contributed by atoms with van der Waals surface area (Å²) in [7, 11) is -4.88. The Labute approximate surface area is 172 Å². The monoisotopic (exact) mass is 438 g/mol. The van der Waals surface area contributed by atoms with E-state index in [2.05, 4.69) is 11.7 Å². The van der Waals surface area contributed by atoms with Crippen molar-refractivity contribution in [1.82, 2.24) is 0 Å². The smallest absolute Gasteiger partial charge is 0.327 e. The van der Waals surface area contributed by atoms with E-state index in [-0.39, 0.29) is 25.6 Å². The van der Waals surface area contributed by atoms with Crippen molar-refractivity contribution in [3.63, 3.8) is 0 Å². The Morgan fingerprint density at radius 1 is 0.828 bits per heavy atom. The van der Waals surface area contributed by atoms with Crippen LogP contribution in [0.4, 0.5) is 0 Å². The van der Waals surface area contributed by atoms with Gasteiger partial charge in [-0.05, 0) is 6.42 Å². The van der Waals surface area contributed by atoms with Gasteiger partial charge in [-0.1, -0.05) is 58.3 Å². The minimum atomic E-state index is -4.88. The molecule has 0 aliphatic rings. The number of carboxylic acids is 1. The van der Waals surface area contributed by atoms with Crippen LogP contribution in [0.15, 0.2) is 0 Å². The molecular weight excluding hydrogens is 404 g/mol. The quantitative estimate of drug-likeness (QED) is 0.187. The highest BCUT2D eigenvalue weighted by atomic mass is 32.2. The fraction of sp³-hybridized carbons (Fsp3) is 0.842. The van der Waals surface area contributed by atoms with Crippen LogP contribution in [0.1, 0.15) is 84.0 Å². The highest BCUT2D eigenvalue weighted by molar-refractivity contribution is 7.87. The number of rotatable bonds is 18. The number of esters is 2. The SMILES string of the molecule is CCCCCCCCCCCC(=O)OCCCOC(=O)C(CC(=O)O)S(=O)(=O)O. The molecular formula is C19H34O9S. The highest BCUT2D eigenvalue weighted by Crippen LogP contribution is 2.11. The lowest BCUT2D eigenvalue weighted by Gasteiger charge is -2.11. The standard InChI is InChI=1S/C19H34O9S/c1-2-3-4-5-6-7-8-9-10-12-18(22)27-13-11-14-28-19(23)16(15-17(20)21)29(24,25)26/h16H,2-15H2,1H3,(H,20,21)(H,24,25,26). The van der Waals surface area contributed by atoms with E-state index in [0.717, 1.165) is 19.3 Å². The molecule has 0 spiro atoms. The molecule has 9 nitrogen and oxygen atoms in total. The molecule has 10 heteroatoms. The van der Waals surface area contributed by atoms with Crippen LogP contribution in [0.2, 0.25) is 0 Å². The van der Waals surface area contributed by atoms with Crippen molar-refractivity contribution in [2.75, 3.05) is 13.2 Å². The summed E-state index contributed by atoms with van der Waals surface area (Å²) >= 11 is 0. The zero-order valence-corrected chi connectivity index (χ0v) is 18.0. The number of hydrogen-bond donors (Lipinski definition) is 2. The van der Waals surface area contributed by atoms with Gasteiger partial charge in [0.15, 0.2) is 5.25 Å². The topological polar surface area (TPSA) is 144 Å². The molecule has 0 rings (SSSR count). The van der Waals surface area contributed by atoms with Gasteiger partial charge in [-0.3, -0.25) is 18.9 Å². The Hall–Kier alpha value is -1.68. The molecule has 0 bridgehead atoms. The van der Waals surface area contributed by atoms with Gasteiger partial charge in [0.25, 0.3) is 10.1 Å². The van der Waals surface area contributed by atoms with Crippen LogP contribution in [-0.4, -0.2) is 54.4 Å². The summed E-state index contributed by atoms with van der Waals surface area (Å²) < 4.78 is 40.6. The lowest BCUT2D eigenvalue weighted by molar-refractivity contribution is -0.148. The van der Waals surface area contributed by atoms with E-state index in [1.165, 1.54) is 38.5 Å². The number of carboxylic acid groups (broad SMARTS) is 1. The van der Waals surface area contributed by atoms with Crippen molar-refractivity contribution in [1.29, 1.82) is 0 Å². The van der Waals surface area contributed by atoms with E-state index in [1.54, 1.807) is 0 Å². The Morgan fingerprint density at radius 2 is 1.34 bits per heavy atom. The molecule has 0 heterocycles. The number of carbonyl (C=O) groups excluding carboxylic acids is 2. The molecule has 0 fully saturated rings. The summed E-state index contributed by atoms with van der Waals surface area (Å²) in [6, 6.07) is 0. The minimum Gasteiger partial charge on any atom is -0.481 e. The largest absolute Gasteiger partial charge is 0.481 e. The van der Waals surface area contributed by atoms with Crippen molar-refractivity contribution in [3.05, 3.63) is 0 Å². The summed E-state index contributed by atoms with van der Waals surface area (Å²) in [6.45, 7) is 1.93. The van der Waals surface area contributed by atoms with Crippen LogP contribution in [0, 0.1) is 0 Å². The van der Waals surface area contributed by atoms with Gasteiger partial charge in [0.2, 0.25) is 0 Å². The van der Waals surface area contributed by atoms with E-state index >= 15 is 0 Å². The summed E-state index contributed by atoms with van der Waals surface area (Å²) in [4.78, 5) is 33.8. The summed E-state index contributed by atoms with van der Waals surface area (Å²) in [5.41, 5.74) is 0. The second kappa shape index (κ2) is 16.2. The van der Waals surface area contributed by atoms with Gasteiger partial charge in [-0.15, -0.1) is 0 Å². The maximum atomic E-state index is 11.6. The molecule has 0 aromatic rings. The van der Waals surface area contributed by atoms with Crippen molar-refractivity contribution < 1.29 is 41.9 Å². The number of unbranched alkanes of at least 4 members (excludes halogenated alkanes) is 8. The second-order valence-electron chi connectivity index (χ2n) is 6.92. The zero-order valence-electron chi connectivity index (χ0n) is 17.1. The Balaban J connectivity index is 3.75. The lowest BCUT2D eigenvalue weighted by Crippen LogP contribution is -2.34. The third-order valence-electron chi connectivity index (χ3n) is 4.26. The van der Waals surface area contributed by atoms with Crippen molar-refractivity contribution >= 4 is 28.0 Å². The Morgan fingerprint density at radius 3 is 1.86 bits per heavy atom. The van der Waals surface area contributed by atoms with Gasteiger partial charge in [0, 0.05) is 12.8 Å². The van der Waals surface area contributed by atoms with Crippen molar-refractivity contribution in [2.24, 2.45) is 0 Å². The third kappa shape index (κ3) is 15.9. The van der Waals surface area contributed by atoms with E-state index in [4.69, 9.17) is 14.4 Å². The normalized spacial score (nSPS) is 12.3. The Kier molecular flexibility index (Phi) is 15.2. The van der Waals surface area contributed by atoms with E-state index < -0.39 is 33.7 Å². The lowest BCUT2D eigenvalue weighted by atomic mass is 10.1. The average Bonchev–Trinajstić information content (AvgIpc) is 2.63. The Bertz CT molecular complexity index is 586. The van der Waals surface area contributed by atoms with E-state index in [9.17, 15) is 22.8 Å². The molecule has 2 N–H and O–H groups in total. The zero-order chi connectivity index (χ0) is 22.1. The molecule has 29 heavy (non-hydrogen) atoms. The summed E-state index contributed by atoms with van der Waals surface area (Å²) in [5.74, 6) is -3.26. The first-order valence-electron chi connectivity index (χ1n) is 10.2. The fourth-order valence-electron chi connectivity index (χ4n) is 2.63. The molecule has 0 aromatic heterocycles.